The summed E-state index contributed by atoms with van der Waals surface area (Å²) >= 11 is 0. The van der Waals surface area contributed by atoms with E-state index in [2.05, 4.69) is 24.4 Å². The summed E-state index contributed by atoms with van der Waals surface area (Å²) in [6.07, 6.45) is 3.32. The Kier molecular flexibility index (Phi) is 6.01. The van der Waals surface area contributed by atoms with E-state index in [0.717, 1.165) is 30.5 Å². The van der Waals surface area contributed by atoms with E-state index in [0.29, 0.717) is 6.42 Å². The van der Waals surface area contributed by atoms with Crippen molar-refractivity contribution in [1.82, 2.24) is 5.32 Å². The molecule has 3 heteroatoms. The summed E-state index contributed by atoms with van der Waals surface area (Å²) in [6.45, 7) is 2.14. The van der Waals surface area contributed by atoms with Gasteiger partial charge in [-0.1, -0.05) is 55.8 Å². The van der Waals surface area contributed by atoms with Crippen molar-refractivity contribution in [3.05, 3.63) is 65.7 Å². The first-order chi connectivity index (χ1) is 10.7. The Hall–Kier alpha value is -2.29. The van der Waals surface area contributed by atoms with Crippen molar-refractivity contribution >= 4 is 11.6 Å². The molecule has 2 aromatic carbocycles. The van der Waals surface area contributed by atoms with Crippen molar-refractivity contribution in [3.8, 4) is 0 Å². The number of nitrogen functional groups attached to an aromatic ring is 1. The number of hydrogen-bond donors (Lipinski definition) is 2. The predicted octanol–water partition coefficient (Wildman–Crippen LogP) is 3.34. The zero-order chi connectivity index (χ0) is 15.8. The van der Waals surface area contributed by atoms with Gasteiger partial charge >= 0.3 is 0 Å². The van der Waals surface area contributed by atoms with Crippen LogP contribution in [0.1, 0.15) is 30.9 Å². The van der Waals surface area contributed by atoms with Gasteiger partial charge in [0.2, 0.25) is 5.91 Å². The first-order valence-electron chi connectivity index (χ1n) is 7.85. The average Bonchev–Trinajstić information content (AvgIpc) is 2.51. The number of anilines is 1. The van der Waals surface area contributed by atoms with E-state index in [1.165, 1.54) is 5.56 Å². The van der Waals surface area contributed by atoms with Crippen LogP contribution in [0.3, 0.4) is 0 Å². The molecule has 116 valence electrons. The highest BCUT2D eigenvalue weighted by atomic mass is 16.1. The summed E-state index contributed by atoms with van der Waals surface area (Å²) < 4.78 is 0. The molecule has 0 aromatic heterocycles. The molecule has 0 aliphatic heterocycles. The maximum Gasteiger partial charge on any atom is 0.224 e. The van der Waals surface area contributed by atoms with Crippen molar-refractivity contribution in [2.75, 3.05) is 5.73 Å². The van der Waals surface area contributed by atoms with Crippen molar-refractivity contribution in [2.24, 2.45) is 0 Å². The van der Waals surface area contributed by atoms with Gasteiger partial charge in [0, 0.05) is 11.7 Å². The number of benzene rings is 2. The molecular formula is C19H24N2O. The Labute approximate surface area is 132 Å². The Bertz CT molecular complexity index is 578. The number of carbonyl (C=O) groups excluding carboxylic acids is 1. The summed E-state index contributed by atoms with van der Waals surface area (Å²) in [4.78, 5) is 12.2. The zero-order valence-electron chi connectivity index (χ0n) is 13.1. The van der Waals surface area contributed by atoms with Crippen LogP contribution in [0, 0.1) is 0 Å². The number of nitrogens with two attached hydrogens (primary N) is 1. The molecular weight excluding hydrogens is 272 g/mol. The van der Waals surface area contributed by atoms with Crippen LogP contribution in [0.15, 0.2) is 54.6 Å². The first kappa shape index (κ1) is 16.1. The summed E-state index contributed by atoms with van der Waals surface area (Å²) in [5.41, 5.74) is 8.63. The Morgan fingerprint density at radius 2 is 1.73 bits per heavy atom. The lowest BCUT2D eigenvalue weighted by Gasteiger charge is -2.18. The number of rotatable bonds is 7. The van der Waals surface area contributed by atoms with Gasteiger partial charge in [0.25, 0.3) is 0 Å². The first-order valence-corrected chi connectivity index (χ1v) is 7.85. The van der Waals surface area contributed by atoms with E-state index >= 15 is 0 Å². The Morgan fingerprint density at radius 3 is 2.36 bits per heavy atom. The summed E-state index contributed by atoms with van der Waals surface area (Å²) in [6, 6.07) is 18.0. The van der Waals surface area contributed by atoms with E-state index in [1.807, 2.05) is 42.5 Å². The van der Waals surface area contributed by atoms with Gasteiger partial charge in [0.05, 0.1) is 6.42 Å². The summed E-state index contributed by atoms with van der Waals surface area (Å²) in [7, 11) is 0. The average molecular weight is 296 g/mol. The molecule has 0 heterocycles. The fraction of sp³-hybridized carbons (Fsp3) is 0.316. The molecule has 0 bridgehead atoms. The molecule has 0 spiro atoms. The molecule has 0 fully saturated rings. The maximum atomic E-state index is 12.2. The van der Waals surface area contributed by atoms with Crippen LogP contribution in [0.25, 0.3) is 0 Å². The molecule has 0 aliphatic carbocycles. The van der Waals surface area contributed by atoms with Crippen LogP contribution < -0.4 is 11.1 Å². The smallest absolute Gasteiger partial charge is 0.224 e. The molecule has 0 saturated carbocycles. The number of hydrogen-bond acceptors (Lipinski definition) is 2. The normalized spacial score (nSPS) is 11.9. The van der Waals surface area contributed by atoms with E-state index < -0.39 is 0 Å². The van der Waals surface area contributed by atoms with Crippen molar-refractivity contribution in [3.63, 3.8) is 0 Å². The van der Waals surface area contributed by atoms with Crippen LogP contribution in [0.4, 0.5) is 5.69 Å². The molecule has 0 saturated heterocycles. The van der Waals surface area contributed by atoms with E-state index in [-0.39, 0.29) is 11.9 Å². The van der Waals surface area contributed by atoms with Gasteiger partial charge in [-0.05, 0) is 36.1 Å². The topological polar surface area (TPSA) is 55.1 Å². The molecule has 22 heavy (non-hydrogen) atoms. The van der Waals surface area contributed by atoms with Crippen molar-refractivity contribution in [1.29, 1.82) is 0 Å². The molecule has 1 amide bonds. The van der Waals surface area contributed by atoms with Gasteiger partial charge < -0.3 is 11.1 Å². The Morgan fingerprint density at radius 1 is 1.05 bits per heavy atom. The molecule has 0 radical (unpaired) electrons. The second kappa shape index (κ2) is 8.23. The fourth-order valence-corrected chi connectivity index (χ4v) is 2.57. The largest absolute Gasteiger partial charge is 0.399 e. The number of carbonyl (C=O) groups is 1. The second-order valence-corrected chi connectivity index (χ2v) is 5.66. The molecule has 1 atom stereocenters. The minimum absolute atomic E-state index is 0.0687. The second-order valence-electron chi connectivity index (χ2n) is 5.66. The molecule has 1 unspecified atom stereocenters. The lowest BCUT2D eigenvalue weighted by molar-refractivity contribution is -0.121. The molecule has 2 rings (SSSR count). The maximum absolute atomic E-state index is 12.2. The highest BCUT2D eigenvalue weighted by Gasteiger charge is 2.12. The summed E-state index contributed by atoms with van der Waals surface area (Å²) in [5, 5.41) is 3.16. The van der Waals surface area contributed by atoms with Gasteiger partial charge in [-0.25, -0.2) is 0 Å². The van der Waals surface area contributed by atoms with Crippen LogP contribution in [-0.2, 0) is 17.6 Å². The number of nitrogens with one attached hydrogen (secondary N) is 1. The number of amides is 1. The highest BCUT2D eigenvalue weighted by Crippen LogP contribution is 2.09. The van der Waals surface area contributed by atoms with Crippen LogP contribution in [0.5, 0.6) is 0 Å². The van der Waals surface area contributed by atoms with Crippen molar-refractivity contribution < 1.29 is 4.79 Å². The van der Waals surface area contributed by atoms with Crippen LogP contribution >= 0.6 is 0 Å². The lowest BCUT2D eigenvalue weighted by atomic mass is 10.0. The fourth-order valence-electron chi connectivity index (χ4n) is 2.57. The van der Waals surface area contributed by atoms with Crippen molar-refractivity contribution in [2.45, 2.75) is 38.6 Å². The van der Waals surface area contributed by atoms with E-state index in [1.54, 1.807) is 0 Å². The van der Waals surface area contributed by atoms with Gasteiger partial charge in [0.15, 0.2) is 0 Å². The quantitative estimate of drug-likeness (QED) is 0.770. The zero-order valence-corrected chi connectivity index (χ0v) is 13.1. The minimum atomic E-state index is 0.0687. The predicted molar refractivity (Wildman–Crippen MR) is 91.5 cm³/mol. The van der Waals surface area contributed by atoms with Gasteiger partial charge in [-0.2, -0.15) is 0 Å². The Balaban J connectivity index is 1.92. The minimum Gasteiger partial charge on any atom is -0.399 e. The SMILES string of the molecule is CCCC(Cc1ccccc1)NC(=O)Cc1ccc(N)cc1. The van der Waals surface area contributed by atoms with Gasteiger partial charge in [-0.3, -0.25) is 4.79 Å². The monoisotopic (exact) mass is 296 g/mol. The third kappa shape index (κ3) is 5.24. The third-order valence-corrected chi connectivity index (χ3v) is 3.67. The van der Waals surface area contributed by atoms with E-state index in [9.17, 15) is 4.79 Å². The van der Waals surface area contributed by atoms with Crippen LogP contribution in [-0.4, -0.2) is 11.9 Å². The highest BCUT2D eigenvalue weighted by molar-refractivity contribution is 5.79. The summed E-state index contributed by atoms with van der Waals surface area (Å²) in [5.74, 6) is 0.0687. The van der Waals surface area contributed by atoms with Crippen LogP contribution in [0.2, 0.25) is 0 Å². The standard InChI is InChI=1S/C19H24N2O/c1-2-6-18(13-15-7-4-3-5-8-15)21-19(22)14-16-9-11-17(20)12-10-16/h3-5,7-12,18H,2,6,13-14,20H2,1H3,(H,21,22). The lowest BCUT2D eigenvalue weighted by Crippen LogP contribution is -2.37. The third-order valence-electron chi connectivity index (χ3n) is 3.67. The van der Waals surface area contributed by atoms with E-state index in [4.69, 9.17) is 5.73 Å². The molecule has 0 aliphatic rings. The van der Waals surface area contributed by atoms with Gasteiger partial charge in [0.1, 0.15) is 0 Å². The molecule has 3 N–H and O–H groups in total. The molecule has 2 aromatic rings. The van der Waals surface area contributed by atoms with Gasteiger partial charge in [-0.15, -0.1) is 0 Å². The molecule has 3 nitrogen and oxygen atoms in total.